The number of nitrogens with zero attached hydrogens (tertiary/aromatic N) is 2. The molecule has 4 nitrogen and oxygen atoms in total. The lowest BCUT2D eigenvalue weighted by atomic mass is 10.1. The molecule has 0 spiro atoms. The second-order valence-electron chi connectivity index (χ2n) is 4.77. The molecule has 1 N–H and O–H groups in total. The Bertz CT molecular complexity index is 575. The van der Waals surface area contributed by atoms with E-state index in [0.29, 0.717) is 11.8 Å². The van der Waals surface area contributed by atoms with E-state index >= 15 is 0 Å². The molecule has 5 heteroatoms. The number of hydrogen-bond donors (Lipinski definition) is 1. The smallest absolute Gasteiger partial charge is 0.226 e. The minimum Gasteiger partial charge on any atom is -0.475 e. The number of benzene rings is 1. The number of hydrogen-bond acceptors (Lipinski definition) is 4. The molecule has 0 bridgehead atoms. The average Bonchev–Trinajstić information content (AvgIpc) is 2.38. The molecule has 2 aromatic rings. The maximum atomic E-state index is 6.18. The summed E-state index contributed by atoms with van der Waals surface area (Å²) in [6.07, 6.45) is 1.76. The van der Waals surface area contributed by atoms with Crippen molar-refractivity contribution in [1.82, 2.24) is 9.97 Å². The van der Waals surface area contributed by atoms with Crippen molar-refractivity contribution >= 4 is 17.5 Å². The van der Waals surface area contributed by atoms with E-state index in [2.05, 4.69) is 15.3 Å². The molecule has 2 rings (SSSR count). The van der Waals surface area contributed by atoms with Crippen molar-refractivity contribution in [2.75, 3.05) is 5.32 Å². The first-order chi connectivity index (χ1) is 9.56. The average molecular weight is 292 g/mol. The van der Waals surface area contributed by atoms with Crippen LogP contribution in [0, 0.1) is 0 Å². The number of halogens is 1. The van der Waals surface area contributed by atoms with Gasteiger partial charge in [0.2, 0.25) is 11.8 Å². The molecule has 0 fully saturated rings. The Balaban J connectivity index is 2.12. The summed E-state index contributed by atoms with van der Waals surface area (Å²) in [4.78, 5) is 8.52. The molecule has 0 aliphatic rings. The number of rotatable bonds is 5. The molecule has 0 radical (unpaired) electrons. The molecule has 1 aromatic carbocycles. The van der Waals surface area contributed by atoms with Crippen molar-refractivity contribution < 1.29 is 4.74 Å². The van der Waals surface area contributed by atoms with E-state index in [-0.39, 0.29) is 12.1 Å². The fraction of sp³-hybridized carbons (Fsp3) is 0.333. The molecule has 0 aliphatic heterocycles. The third kappa shape index (κ3) is 3.84. The van der Waals surface area contributed by atoms with Crippen molar-refractivity contribution in [3.8, 4) is 5.88 Å². The molecular formula is C15H18ClN3O. The lowest BCUT2D eigenvalue weighted by Crippen LogP contribution is -2.12. The Morgan fingerprint density at radius 2 is 1.90 bits per heavy atom. The minimum absolute atomic E-state index is 0.0120. The van der Waals surface area contributed by atoms with E-state index in [9.17, 15) is 0 Å². The van der Waals surface area contributed by atoms with Crippen molar-refractivity contribution in [3.05, 3.63) is 47.1 Å². The molecule has 0 amide bonds. The second-order valence-corrected chi connectivity index (χ2v) is 5.18. The van der Waals surface area contributed by atoms with E-state index in [0.717, 1.165) is 10.6 Å². The summed E-state index contributed by atoms with van der Waals surface area (Å²) >= 11 is 6.18. The van der Waals surface area contributed by atoms with Crippen LogP contribution in [-0.2, 0) is 0 Å². The summed E-state index contributed by atoms with van der Waals surface area (Å²) in [5, 5.41) is 3.95. The highest BCUT2D eigenvalue weighted by molar-refractivity contribution is 6.31. The molecule has 1 atom stereocenters. The molecule has 20 heavy (non-hydrogen) atoms. The van der Waals surface area contributed by atoms with Gasteiger partial charge in [-0.05, 0) is 32.4 Å². The Hall–Kier alpha value is -1.81. The van der Waals surface area contributed by atoms with Crippen LogP contribution in [0.3, 0.4) is 0 Å². The van der Waals surface area contributed by atoms with Gasteiger partial charge in [-0.3, -0.25) is 0 Å². The largest absolute Gasteiger partial charge is 0.475 e. The fourth-order valence-corrected chi connectivity index (χ4v) is 2.12. The van der Waals surface area contributed by atoms with Crippen LogP contribution in [0.2, 0.25) is 5.02 Å². The van der Waals surface area contributed by atoms with Crippen LogP contribution in [-0.4, -0.2) is 16.1 Å². The Kier molecular flexibility index (Phi) is 4.79. The third-order valence-corrected chi connectivity index (χ3v) is 3.05. The van der Waals surface area contributed by atoms with E-state index < -0.39 is 0 Å². The Morgan fingerprint density at radius 3 is 2.60 bits per heavy atom. The normalized spacial score (nSPS) is 12.2. The molecule has 1 heterocycles. The van der Waals surface area contributed by atoms with E-state index in [1.165, 1.54) is 0 Å². The molecule has 106 valence electrons. The standard InChI is InChI=1S/C15H18ClN3O/c1-10(2)20-14-8-9-17-15(19-14)18-11(3)12-6-4-5-7-13(12)16/h4-11H,1-3H3,(H,17,18,19). The van der Waals surface area contributed by atoms with Crippen molar-refractivity contribution in [1.29, 1.82) is 0 Å². The Labute approximate surface area is 124 Å². The van der Waals surface area contributed by atoms with Crippen molar-refractivity contribution in [2.24, 2.45) is 0 Å². The molecule has 1 unspecified atom stereocenters. The van der Waals surface area contributed by atoms with Crippen LogP contribution >= 0.6 is 11.6 Å². The maximum absolute atomic E-state index is 6.18. The molecule has 0 aliphatic carbocycles. The monoisotopic (exact) mass is 291 g/mol. The van der Waals surface area contributed by atoms with Crippen molar-refractivity contribution in [3.63, 3.8) is 0 Å². The molecule has 1 aromatic heterocycles. The van der Waals surface area contributed by atoms with Gasteiger partial charge in [-0.25, -0.2) is 4.98 Å². The van der Waals surface area contributed by atoms with Gasteiger partial charge in [0.1, 0.15) is 0 Å². The first-order valence-corrected chi connectivity index (χ1v) is 6.94. The van der Waals surface area contributed by atoms with Gasteiger partial charge in [0.25, 0.3) is 0 Å². The van der Waals surface area contributed by atoms with E-state index in [4.69, 9.17) is 16.3 Å². The van der Waals surface area contributed by atoms with Gasteiger partial charge < -0.3 is 10.1 Å². The summed E-state index contributed by atoms with van der Waals surface area (Å²) in [7, 11) is 0. The van der Waals surface area contributed by atoms with Crippen LogP contribution in [0.1, 0.15) is 32.4 Å². The van der Waals surface area contributed by atoms with Gasteiger partial charge in [0, 0.05) is 17.3 Å². The summed E-state index contributed by atoms with van der Waals surface area (Å²) in [6, 6.07) is 9.47. The number of aromatic nitrogens is 2. The van der Waals surface area contributed by atoms with Crippen LogP contribution in [0.25, 0.3) is 0 Å². The first-order valence-electron chi connectivity index (χ1n) is 6.57. The summed E-state index contributed by atoms with van der Waals surface area (Å²) in [6.45, 7) is 5.93. The van der Waals surface area contributed by atoms with E-state index in [1.807, 2.05) is 45.0 Å². The second kappa shape index (κ2) is 6.57. The van der Waals surface area contributed by atoms with E-state index in [1.54, 1.807) is 12.3 Å². The molecular weight excluding hydrogens is 274 g/mol. The van der Waals surface area contributed by atoms with Crippen LogP contribution in [0.4, 0.5) is 5.95 Å². The lowest BCUT2D eigenvalue weighted by molar-refractivity contribution is 0.232. The maximum Gasteiger partial charge on any atom is 0.226 e. The zero-order valence-electron chi connectivity index (χ0n) is 11.8. The molecule has 0 saturated heterocycles. The highest BCUT2D eigenvalue weighted by Crippen LogP contribution is 2.24. The quantitative estimate of drug-likeness (QED) is 0.901. The third-order valence-electron chi connectivity index (χ3n) is 2.70. The lowest BCUT2D eigenvalue weighted by Gasteiger charge is -2.16. The van der Waals surface area contributed by atoms with Gasteiger partial charge in [0.15, 0.2) is 0 Å². The first kappa shape index (κ1) is 14.6. The summed E-state index contributed by atoms with van der Waals surface area (Å²) < 4.78 is 5.55. The van der Waals surface area contributed by atoms with Gasteiger partial charge in [0.05, 0.1) is 12.1 Å². The summed E-state index contributed by atoms with van der Waals surface area (Å²) in [5.41, 5.74) is 1.01. The minimum atomic E-state index is 0.0120. The van der Waals surface area contributed by atoms with Crippen LogP contribution < -0.4 is 10.1 Å². The summed E-state index contributed by atoms with van der Waals surface area (Å²) in [5.74, 6) is 1.08. The van der Waals surface area contributed by atoms with Crippen LogP contribution in [0.5, 0.6) is 5.88 Å². The highest BCUT2D eigenvalue weighted by Gasteiger charge is 2.11. The predicted octanol–water partition coefficient (Wildman–Crippen LogP) is 4.09. The zero-order chi connectivity index (χ0) is 14.5. The number of anilines is 1. The van der Waals surface area contributed by atoms with Gasteiger partial charge in [-0.15, -0.1) is 0 Å². The van der Waals surface area contributed by atoms with Gasteiger partial charge in [-0.1, -0.05) is 29.8 Å². The van der Waals surface area contributed by atoms with Gasteiger partial charge >= 0.3 is 0 Å². The van der Waals surface area contributed by atoms with Crippen LogP contribution in [0.15, 0.2) is 36.5 Å². The number of nitrogens with one attached hydrogen (secondary N) is 1. The molecule has 0 saturated carbocycles. The van der Waals surface area contributed by atoms with Crippen molar-refractivity contribution in [2.45, 2.75) is 32.9 Å². The SMILES string of the molecule is CC(C)Oc1ccnc(NC(C)c2ccccc2Cl)n1. The number of ether oxygens (including phenoxy) is 1. The fourth-order valence-electron chi connectivity index (χ4n) is 1.82. The topological polar surface area (TPSA) is 47.0 Å². The predicted molar refractivity (Wildman–Crippen MR) is 81.3 cm³/mol. The Morgan fingerprint density at radius 1 is 1.15 bits per heavy atom. The highest BCUT2D eigenvalue weighted by atomic mass is 35.5. The van der Waals surface area contributed by atoms with Gasteiger partial charge in [-0.2, -0.15) is 4.98 Å². The zero-order valence-corrected chi connectivity index (χ0v) is 12.6.